The van der Waals surface area contributed by atoms with E-state index in [9.17, 15) is 18.0 Å². The van der Waals surface area contributed by atoms with Gasteiger partial charge in [0.15, 0.2) is 0 Å². The first-order valence-corrected chi connectivity index (χ1v) is 13.7. The summed E-state index contributed by atoms with van der Waals surface area (Å²) in [7, 11) is -2.42. The molecule has 0 unspecified atom stereocenters. The number of allylic oxidation sites excluding steroid dienone is 1. The topological polar surface area (TPSA) is 38.8 Å². The second kappa shape index (κ2) is 9.99. The van der Waals surface area contributed by atoms with Crippen molar-refractivity contribution in [1.29, 1.82) is 0 Å². The van der Waals surface area contributed by atoms with Gasteiger partial charge in [0.05, 0.1) is 11.6 Å². The number of carbonyl (C=O) groups is 1. The number of ether oxygens (including phenoxy) is 1. The lowest BCUT2D eigenvalue weighted by Crippen LogP contribution is -2.53. The van der Waals surface area contributed by atoms with Gasteiger partial charge in [-0.3, -0.25) is 0 Å². The van der Waals surface area contributed by atoms with Crippen LogP contribution in [0, 0.1) is 0 Å². The Bertz CT molecular complexity index is 791. The van der Waals surface area contributed by atoms with Gasteiger partial charge in [-0.15, -0.1) is 0 Å². The predicted octanol–water partition coefficient (Wildman–Crippen LogP) is 7.93. The van der Waals surface area contributed by atoms with Crippen LogP contribution >= 0.6 is 0 Å². The van der Waals surface area contributed by atoms with E-state index >= 15 is 0 Å². The summed E-state index contributed by atoms with van der Waals surface area (Å²) in [6, 6.07) is 4.50. The molecule has 2 atom stereocenters. The van der Waals surface area contributed by atoms with Crippen LogP contribution in [0.3, 0.4) is 0 Å². The van der Waals surface area contributed by atoms with Crippen LogP contribution in [-0.4, -0.2) is 31.1 Å². The molecule has 1 rings (SSSR count). The minimum absolute atomic E-state index is 0.169. The number of hydrogen-bond donors (Lipinski definition) is 0. The van der Waals surface area contributed by atoms with Crippen LogP contribution in [-0.2, 0) is 15.4 Å². The summed E-state index contributed by atoms with van der Waals surface area (Å²) >= 11 is 0. The second-order valence-corrected chi connectivity index (χ2v) is 15.3. The van der Waals surface area contributed by atoms with Crippen LogP contribution in [0.4, 0.5) is 18.0 Å². The van der Waals surface area contributed by atoms with Crippen LogP contribution in [0.15, 0.2) is 36.4 Å². The maximum Gasteiger partial charge on any atom is 0.433 e. The van der Waals surface area contributed by atoms with Gasteiger partial charge in [-0.2, -0.15) is 18.2 Å². The third-order valence-corrected chi connectivity index (χ3v) is 9.88. The van der Waals surface area contributed by atoms with Crippen molar-refractivity contribution in [2.45, 2.75) is 97.3 Å². The molecule has 0 bridgehead atoms. The molecule has 0 fully saturated rings. The first-order chi connectivity index (χ1) is 14.3. The number of benzene rings is 1. The lowest BCUT2D eigenvalue weighted by Gasteiger charge is -2.43. The lowest BCUT2D eigenvalue weighted by molar-refractivity contribution is -0.137. The summed E-state index contributed by atoms with van der Waals surface area (Å²) in [5.41, 5.74) is -0.790. The zero-order chi connectivity index (χ0) is 25.1. The highest BCUT2D eigenvalue weighted by atomic mass is 28.4. The number of halogens is 3. The summed E-state index contributed by atoms with van der Waals surface area (Å²) in [4.78, 5) is 13.2. The van der Waals surface area contributed by atoms with Crippen molar-refractivity contribution in [3.05, 3.63) is 47.5 Å². The Morgan fingerprint density at radius 1 is 1.03 bits per heavy atom. The van der Waals surface area contributed by atoms with Crippen LogP contribution in [0.1, 0.15) is 72.4 Å². The predicted molar refractivity (Wildman–Crippen MR) is 125 cm³/mol. The van der Waals surface area contributed by atoms with Crippen molar-refractivity contribution < 1.29 is 27.2 Å². The maximum atomic E-state index is 13.2. The molecule has 4 nitrogen and oxygen atoms in total. The second-order valence-electron chi connectivity index (χ2n) is 10.6. The summed E-state index contributed by atoms with van der Waals surface area (Å²) in [5.74, 6) is -0.389. The van der Waals surface area contributed by atoms with E-state index in [1.165, 1.54) is 17.2 Å². The molecule has 182 valence electrons. The molecule has 1 amide bonds. The quantitative estimate of drug-likeness (QED) is 0.239. The Kier molecular flexibility index (Phi) is 8.82. The number of alkyl halides is 3. The Labute approximate surface area is 191 Å². The summed E-state index contributed by atoms with van der Waals surface area (Å²) in [6.45, 7) is 19.2. The first kappa shape index (κ1) is 28.2. The van der Waals surface area contributed by atoms with Gasteiger partial charge >= 0.3 is 12.3 Å². The van der Waals surface area contributed by atoms with Gasteiger partial charge in [-0.25, -0.2) is 4.79 Å². The van der Waals surface area contributed by atoms with Crippen molar-refractivity contribution in [1.82, 2.24) is 5.06 Å². The van der Waals surface area contributed by atoms with E-state index < -0.39 is 37.8 Å². The van der Waals surface area contributed by atoms with Crippen LogP contribution < -0.4 is 0 Å². The van der Waals surface area contributed by atoms with E-state index in [4.69, 9.17) is 9.26 Å². The fourth-order valence-corrected chi connectivity index (χ4v) is 3.78. The van der Waals surface area contributed by atoms with Crippen molar-refractivity contribution in [2.24, 2.45) is 0 Å². The van der Waals surface area contributed by atoms with E-state index in [2.05, 4.69) is 20.8 Å². The number of nitrogens with zero attached hydrogens (tertiary/aromatic N) is 1. The maximum absolute atomic E-state index is 13.2. The van der Waals surface area contributed by atoms with Crippen molar-refractivity contribution in [3.63, 3.8) is 0 Å². The number of amides is 1. The van der Waals surface area contributed by atoms with Crippen molar-refractivity contribution in [3.8, 4) is 0 Å². The molecule has 32 heavy (non-hydrogen) atoms. The lowest BCUT2D eigenvalue weighted by atomic mass is 9.91. The van der Waals surface area contributed by atoms with Gasteiger partial charge < -0.3 is 9.26 Å². The molecule has 1 aromatic carbocycles. The highest BCUT2D eigenvalue weighted by Crippen LogP contribution is 2.39. The molecule has 0 aliphatic carbocycles. The summed E-state index contributed by atoms with van der Waals surface area (Å²) in [6.07, 6.45) is -1.34. The van der Waals surface area contributed by atoms with E-state index in [0.29, 0.717) is 5.56 Å². The average Bonchev–Trinajstić information content (AvgIpc) is 2.60. The van der Waals surface area contributed by atoms with E-state index in [1.54, 1.807) is 20.8 Å². The minimum atomic E-state index is -4.41. The minimum Gasteiger partial charge on any atom is -0.442 e. The van der Waals surface area contributed by atoms with Gasteiger partial charge in [0.25, 0.3) is 0 Å². The Morgan fingerprint density at radius 2 is 1.53 bits per heavy atom. The van der Waals surface area contributed by atoms with Crippen molar-refractivity contribution in [2.75, 3.05) is 0 Å². The van der Waals surface area contributed by atoms with Crippen LogP contribution in [0.25, 0.3) is 0 Å². The SMILES string of the molecule is C/C=C/[C@@H](c1ccc(C(F)(F)F)cc1)[C@H](C)N(O[Si](C)(C)C(C)(C)C)C(=O)OC(C)(C)C. The third-order valence-electron chi connectivity index (χ3n) is 5.62. The molecule has 0 saturated heterocycles. The number of hydroxylamine groups is 2. The zero-order valence-corrected chi connectivity index (χ0v) is 21.9. The van der Waals surface area contributed by atoms with Gasteiger partial charge in [0.1, 0.15) is 5.60 Å². The summed E-state index contributed by atoms with van der Waals surface area (Å²) in [5, 5.41) is 1.11. The Balaban J connectivity index is 3.42. The molecule has 0 aliphatic heterocycles. The smallest absolute Gasteiger partial charge is 0.433 e. The Morgan fingerprint density at radius 3 is 1.91 bits per heavy atom. The molecular formula is C24H38F3NO3Si. The zero-order valence-electron chi connectivity index (χ0n) is 20.9. The van der Waals surface area contributed by atoms with E-state index in [-0.39, 0.29) is 11.0 Å². The van der Waals surface area contributed by atoms with Crippen LogP contribution in [0.5, 0.6) is 0 Å². The number of rotatable bonds is 6. The molecule has 0 heterocycles. The molecule has 0 spiro atoms. The van der Waals surface area contributed by atoms with Crippen molar-refractivity contribution >= 4 is 14.4 Å². The molecule has 0 radical (unpaired) electrons. The molecule has 8 heteroatoms. The average molecular weight is 474 g/mol. The van der Waals surface area contributed by atoms with Gasteiger partial charge in [0.2, 0.25) is 8.32 Å². The normalized spacial score (nSPS) is 15.5. The summed E-state index contributed by atoms with van der Waals surface area (Å²) < 4.78 is 51.1. The van der Waals surface area contributed by atoms with E-state index in [0.717, 1.165) is 12.1 Å². The molecule has 0 N–H and O–H groups in total. The van der Waals surface area contributed by atoms with E-state index in [1.807, 2.05) is 39.1 Å². The molecule has 0 aromatic heterocycles. The largest absolute Gasteiger partial charge is 0.442 e. The third kappa shape index (κ3) is 7.66. The van der Waals surface area contributed by atoms with Gasteiger partial charge in [-0.1, -0.05) is 45.1 Å². The standard InChI is InChI=1S/C24H38F3NO3Si/c1-11-12-20(18-13-15-19(16-14-18)24(25,26)27)17(2)28(21(29)30-22(3,4)5)31-32(9,10)23(6,7)8/h11-17,20H,1-10H3/b12-11+/t17-,20+/m0/s1. The molecule has 0 saturated carbocycles. The molecular weight excluding hydrogens is 435 g/mol. The van der Waals surface area contributed by atoms with Gasteiger partial charge in [0, 0.05) is 5.92 Å². The highest BCUT2D eigenvalue weighted by Gasteiger charge is 2.44. The molecule has 1 aromatic rings. The number of hydrogen-bond acceptors (Lipinski definition) is 3. The fourth-order valence-electron chi connectivity index (χ4n) is 2.77. The van der Waals surface area contributed by atoms with Gasteiger partial charge in [-0.05, 0) is 70.4 Å². The number of carbonyl (C=O) groups excluding carboxylic acids is 1. The molecule has 0 aliphatic rings. The highest BCUT2D eigenvalue weighted by molar-refractivity contribution is 6.74. The van der Waals surface area contributed by atoms with Crippen LogP contribution in [0.2, 0.25) is 18.1 Å². The Hall–Kier alpha value is -1.80. The fraction of sp³-hybridized carbons (Fsp3) is 0.625. The monoisotopic (exact) mass is 473 g/mol. The first-order valence-electron chi connectivity index (χ1n) is 10.8.